The Labute approximate surface area is 117 Å². The van der Waals surface area contributed by atoms with E-state index >= 15 is 0 Å². The summed E-state index contributed by atoms with van der Waals surface area (Å²) in [6.07, 6.45) is 0. The highest BCUT2D eigenvalue weighted by Gasteiger charge is 2.12. The molecule has 1 aromatic rings. The Balaban J connectivity index is 2.78. The standard InChI is InChI=1S/C16H28N2O/c1-11(2)13-6-7-14(16(8-13)19-5)10-18-15(9-17)12(3)4/h6-8,11-12,15,18H,9-10,17H2,1-5H3. The first-order valence-corrected chi connectivity index (χ1v) is 7.09. The SMILES string of the molecule is COc1cc(C(C)C)ccc1CNC(CN)C(C)C. The van der Waals surface area contributed by atoms with E-state index in [-0.39, 0.29) is 0 Å². The quantitative estimate of drug-likeness (QED) is 0.796. The lowest BCUT2D eigenvalue weighted by atomic mass is 10.00. The molecule has 0 fully saturated rings. The number of nitrogens with two attached hydrogens (primary N) is 1. The lowest BCUT2D eigenvalue weighted by Crippen LogP contribution is -2.39. The Morgan fingerprint density at radius 3 is 2.37 bits per heavy atom. The second kappa shape index (κ2) is 7.51. The summed E-state index contributed by atoms with van der Waals surface area (Å²) in [7, 11) is 1.73. The Bertz CT molecular complexity index is 388. The van der Waals surface area contributed by atoms with E-state index in [1.54, 1.807) is 7.11 Å². The second-order valence-electron chi connectivity index (χ2n) is 5.69. The van der Waals surface area contributed by atoms with Crippen LogP contribution in [0.4, 0.5) is 0 Å². The summed E-state index contributed by atoms with van der Waals surface area (Å²) in [5.74, 6) is 2.01. The normalized spacial score (nSPS) is 13.1. The molecule has 3 heteroatoms. The van der Waals surface area contributed by atoms with E-state index in [0.717, 1.165) is 12.3 Å². The van der Waals surface area contributed by atoms with Crippen molar-refractivity contribution in [2.24, 2.45) is 11.7 Å². The smallest absolute Gasteiger partial charge is 0.123 e. The minimum Gasteiger partial charge on any atom is -0.496 e. The zero-order valence-electron chi connectivity index (χ0n) is 12.9. The third-order valence-corrected chi connectivity index (χ3v) is 3.59. The van der Waals surface area contributed by atoms with E-state index in [9.17, 15) is 0 Å². The molecule has 0 spiro atoms. The van der Waals surface area contributed by atoms with Gasteiger partial charge in [0.15, 0.2) is 0 Å². The molecule has 1 rings (SSSR count). The van der Waals surface area contributed by atoms with Gasteiger partial charge < -0.3 is 15.8 Å². The first kappa shape index (κ1) is 16.0. The molecule has 0 aliphatic rings. The van der Waals surface area contributed by atoms with Gasteiger partial charge in [-0.3, -0.25) is 0 Å². The predicted molar refractivity (Wildman–Crippen MR) is 81.6 cm³/mol. The summed E-state index contributed by atoms with van der Waals surface area (Å²) in [6, 6.07) is 6.80. The van der Waals surface area contributed by atoms with Crippen molar-refractivity contribution in [1.29, 1.82) is 0 Å². The summed E-state index contributed by atoms with van der Waals surface area (Å²) in [5, 5.41) is 3.50. The molecule has 19 heavy (non-hydrogen) atoms. The highest BCUT2D eigenvalue weighted by Crippen LogP contribution is 2.24. The van der Waals surface area contributed by atoms with Gasteiger partial charge in [0.1, 0.15) is 5.75 Å². The van der Waals surface area contributed by atoms with Crippen molar-refractivity contribution in [1.82, 2.24) is 5.32 Å². The summed E-state index contributed by atoms with van der Waals surface area (Å²) in [6.45, 7) is 10.2. The molecule has 1 aromatic carbocycles. The predicted octanol–water partition coefficient (Wildman–Crippen LogP) is 2.89. The van der Waals surface area contributed by atoms with E-state index in [2.05, 4.69) is 51.2 Å². The summed E-state index contributed by atoms with van der Waals surface area (Å²) < 4.78 is 5.49. The van der Waals surface area contributed by atoms with Crippen LogP contribution >= 0.6 is 0 Å². The fourth-order valence-corrected chi connectivity index (χ4v) is 2.10. The fourth-order valence-electron chi connectivity index (χ4n) is 2.10. The topological polar surface area (TPSA) is 47.3 Å². The molecule has 0 aliphatic carbocycles. The van der Waals surface area contributed by atoms with Crippen LogP contribution in [0.5, 0.6) is 5.75 Å². The molecule has 0 saturated heterocycles. The highest BCUT2D eigenvalue weighted by molar-refractivity contribution is 5.38. The molecule has 3 N–H and O–H groups in total. The van der Waals surface area contributed by atoms with E-state index < -0.39 is 0 Å². The van der Waals surface area contributed by atoms with Crippen molar-refractivity contribution in [3.05, 3.63) is 29.3 Å². The molecular weight excluding hydrogens is 236 g/mol. The number of hydrogen-bond acceptors (Lipinski definition) is 3. The van der Waals surface area contributed by atoms with Gasteiger partial charge in [-0.05, 0) is 23.5 Å². The van der Waals surface area contributed by atoms with Gasteiger partial charge in [0, 0.05) is 24.7 Å². The van der Waals surface area contributed by atoms with Crippen molar-refractivity contribution >= 4 is 0 Å². The number of benzene rings is 1. The first-order chi connectivity index (χ1) is 8.99. The van der Waals surface area contributed by atoms with Gasteiger partial charge in [-0.25, -0.2) is 0 Å². The monoisotopic (exact) mass is 264 g/mol. The Morgan fingerprint density at radius 1 is 1.21 bits per heavy atom. The van der Waals surface area contributed by atoms with Crippen LogP contribution in [0.25, 0.3) is 0 Å². The van der Waals surface area contributed by atoms with E-state index in [1.165, 1.54) is 11.1 Å². The summed E-state index contributed by atoms with van der Waals surface area (Å²) >= 11 is 0. The van der Waals surface area contributed by atoms with Crippen molar-refractivity contribution in [2.45, 2.75) is 46.2 Å². The molecule has 0 bridgehead atoms. The van der Waals surface area contributed by atoms with Crippen molar-refractivity contribution in [2.75, 3.05) is 13.7 Å². The van der Waals surface area contributed by atoms with Crippen molar-refractivity contribution < 1.29 is 4.74 Å². The third-order valence-electron chi connectivity index (χ3n) is 3.59. The van der Waals surface area contributed by atoms with Crippen LogP contribution in [0.15, 0.2) is 18.2 Å². The molecule has 3 nitrogen and oxygen atoms in total. The lowest BCUT2D eigenvalue weighted by Gasteiger charge is -2.21. The number of rotatable bonds is 7. The van der Waals surface area contributed by atoms with Crippen LogP contribution in [-0.2, 0) is 6.54 Å². The molecule has 0 amide bonds. The van der Waals surface area contributed by atoms with Crippen LogP contribution in [0.3, 0.4) is 0 Å². The zero-order valence-corrected chi connectivity index (χ0v) is 12.9. The van der Waals surface area contributed by atoms with Gasteiger partial charge in [0.05, 0.1) is 7.11 Å². The zero-order chi connectivity index (χ0) is 14.4. The van der Waals surface area contributed by atoms with E-state index in [4.69, 9.17) is 10.5 Å². The molecule has 1 atom stereocenters. The van der Waals surface area contributed by atoms with E-state index in [0.29, 0.717) is 24.4 Å². The molecule has 0 aliphatic heterocycles. The van der Waals surface area contributed by atoms with Gasteiger partial charge in [-0.2, -0.15) is 0 Å². The maximum Gasteiger partial charge on any atom is 0.123 e. The van der Waals surface area contributed by atoms with Crippen LogP contribution in [0.2, 0.25) is 0 Å². The Kier molecular flexibility index (Phi) is 6.32. The van der Waals surface area contributed by atoms with Gasteiger partial charge in [-0.1, -0.05) is 39.8 Å². The number of ether oxygens (including phenoxy) is 1. The van der Waals surface area contributed by atoms with E-state index in [1.807, 2.05) is 0 Å². The average Bonchev–Trinajstić information content (AvgIpc) is 2.38. The van der Waals surface area contributed by atoms with Gasteiger partial charge in [0.2, 0.25) is 0 Å². The van der Waals surface area contributed by atoms with Gasteiger partial charge in [-0.15, -0.1) is 0 Å². The first-order valence-electron chi connectivity index (χ1n) is 7.09. The van der Waals surface area contributed by atoms with Crippen molar-refractivity contribution in [3.63, 3.8) is 0 Å². The Hall–Kier alpha value is -1.06. The number of hydrogen-bond donors (Lipinski definition) is 2. The number of nitrogens with one attached hydrogen (secondary N) is 1. The maximum absolute atomic E-state index is 5.78. The highest BCUT2D eigenvalue weighted by atomic mass is 16.5. The molecule has 0 aromatic heterocycles. The largest absolute Gasteiger partial charge is 0.496 e. The number of methoxy groups -OCH3 is 1. The lowest BCUT2D eigenvalue weighted by molar-refractivity contribution is 0.386. The third kappa shape index (κ3) is 4.51. The summed E-state index contributed by atoms with van der Waals surface area (Å²) in [4.78, 5) is 0. The van der Waals surface area contributed by atoms with Crippen molar-refractivity contribution in [3.8, 4) is 5.75 Å². The molecule has 0 saturated carbocycles. The molecule has 108 valence electrons. The van der Waals surface area contributed by atoms with Gasteiger partial charge >= 0.3 is 0 Å². The van der Waals surface area contributed by atoms with Crippen LogP contribution < -0.4 is 15.8 Å². The molecule has 0 radical (unpaired) electrons. The minimum absolute atomic E-state index is 0.342. The molecular formula is C16H28N2O. The second-order valence-corrected chi connectivity index (χ2v) is 5.69. The Morgan fingerprint density at radius 2 is 1.89 bits per heavy atom. The average molecular weight is 264 g/mol. The fraction of sp³-hybridized carbons (Fsp3) is 0.625. The van der Waals surface area contributed by atoms with Crippen LogP contribution in [-0.4, -0.2) is 19.7 Å². The minimum atomic E-state index is 0.342. The maximum atomic E-state index is 5.78. The molecule has 0 heterocycles. The van der Waals surface area contributed by atoms with Crippen LogP contribution in [0, 0.1) is 5.92 Å². The summed E-state index contributed by atoms with van der Waals surface area (Å²) in [5.41, 5.74) is 8.27. The van der Waals surface area contributed by atoms with Gasteiger partial charge in [0.25, 0.3) is 0 Å². The van der Waals surface area contributed by atoms with Crippen LogP contribution in [0.1, 0.15) is 44.7 Å². The molecule has 1 unspecified atom stereocenters.